The number of fused-ring (bicyclic) bond motifs is 1. The van der Waals surface area contributed by atoms with Crippen LogP contribution in [0.3, 0.4) is 0 Å². The number of methoxy groups -OCH3 is 1. The van der Waals surface area contributed by atoms with Gasteiger partial charge in [0.1, 0.15) is 11.8 Å². The molecule has 5 heteroatoms. The van der Waals surface area contributed by atoms with Crippen molar-refractivity contribution in [2.24, 2.45) is 17.8 Å². The molecule has 3 rings (SSSR count). The summed E-state index contributed by atoms with van der Waals surface area (Å²) in [6.45, 7) is 2.92. The van der Waals surface area contributed by atoms with E-state index in [0.717, 1.165) is 24.4 Å². The first-order valence-electron chi connectivity index (χ1n) is 8.73. The molecular formula is C19H25N3O2. The highest BCUT2D eigenvalue weighted by atomic mass is 16.5. The van der Waals surface area contributed by atoms with E-state index in [9.17, 15) is 4.79 Å². The van der Waals surface area contributed by atoms with E-state index in [2.05, 4.69) is 23.6 Å². The molecule has 2 fully saturated rings. The van der Waals surface area contributed by atoms with Crippen molar-refractivity contribution < 1.29 is 9.53 Å². The summed E-state index contributed by atoms with van der Waals surface area (Å²) >= 11 is 0. The zero-order chi connectivity index (χ0) is 17.1. The van der Waals surface area contributed by atoms with Crippen LogP contribution in [0.4, 0.5) is 5.69 Å². The maximum absolute atomic E-state index is 12.4. The second-order valence-electron chi connectivity index (χ2n) is 7.13. The second-order valence-corrected chi connectivity index (χ2v) is 7.13. The first kappa shape index (κ1) is 16.6. The highest BCUT2D eigenvalue weighted by Crippen LogP contribution is 2.36. The van der Waals surface area contributed by atoms with Crippen LogP contribution in [0, 0.1) is 29.1 Å². The molecule has 1 heterocycles. The van der Waals surface area contributed by atoms with Gasteiger partial charge in [-0.1, -0.05) is 6.92 Å². The first-order chi connectivity index (χ1) is 11.6. The van der Waals surface area contributed by atoms with Crippen LogP contribution in [0.5, 0.6) is 5.75 Å². The summed E-state index contributed by atoms with van der Waals surface area (Å²) in [6, 6.07) is 7.88. The molecule has 1 amide bonds. The smallest absolute Gasteiger partial charge is 0.225 e. The summed E-state index contributed by atoms with van der Waals surface area (Å²) in [6.07, 6.45) is 4.51. The van der Waals surface area contributed by atoms with Crippen LogP contribution in [0.15, 0.2) is 18.2 Å². The highest BCUT2D eigenvalue weighted by molar-refractivity contribution is 5.80. The van der Waals surface area contributed by atoms with Crippen LogP contribution < -0.4 is 15.4 Å². The average Bonchev–Trinajstić information content (AvgIpc) is 2.60. The summed E-state index contributed by atoms with van der Waals surface area (Å²) < 4.78 is 5.23. The number of nitrogens with zero attached hydrogens (tertiary/aromatic N) is 1. The lowest BCUT2D eigenvalue weighted by Gasteiger charge is -2.41. The van der Waals surface area contributed by atoms with Gasteiger partial charge in [-0.05, 0) is 49.7 Å². The number of ether oxygens (including phenoxy) is 1. The van der Waals surface area contributed by atoms with Crippen molar-refractivity contribution in [1.29, 1.82) is 5.26 Å². The van der Waals surface area contributed by atoms with Crippen LogP contribution in [0.25, 0.3) is 0 Å². The maximum atomic E-state index is 12.4. The Bertz CT molecular complexity index is 653. The molecule has 1 aromatic carbocycles. The average molecular weight is 327 g/mol. The third-order valence-corrected chi connectivity index (χ3v) is 5.40. The molecule has 0 spiro atoms. The van der Waals surface area contributed by atoms with E-state index < -0.39 is 0 Å². The molecule has 1 saturated carbocycles. The number of nitrogens with one attached hydrogen (secondary N) is 2. The number of piperidine rings is 1. The van der Waals surface area contributed by atoms with Gasteiger partial charge in [0.05, 0.1) is 18.6 Å². The first-order valence-corrected chi connectivity index (χ1v) is 8.73. The van der Waals surface area contributed by atoms with Gasteiger partial charge in [0.25, 0.3) is 0 Å². The summed E-state index contributed by atoms with van der Waals surface area (Å²) in [5.41, 5.74) is 1.38. The number of rotatable bonds is 4. The molecule has 2 aliphatic rings. The number of anilines is 1. The molecule has 5 nitrogen and oxygen atoms in total. The van der Waals surface area contributed by atoms with Gasteiger partial charge in [-0.15, -0.1) is 0 Å². The van der Waals surface area contributed by atoms with E-state index in [0.29, 0.717) is 29.8 Å². The van der Waals surface area contributed by atoms with E-state index in [1.54, 1.807) is 13.2 Å². The molecule has 4 atom stereocenters. The van der Waals surface area contributed by atoms with Crippen LogP contribution in [0.2, 0.25) is 0 Å². The van der Waals surface area contributed by atoms with Gasteiger partial charge in [-0.3, -0.25) is 4.79 Å². The van der Waals surface area contributed by atoms with Crippen LogP contribution in [-0.4, -0.2) is 25.6 Å². The molecule has 24 heavy (non-hydrogen) atoms. The van der Waals surface area contributed by atoms with E-state index in [4.69, 9.17) is 10.00 Å². The van der Waals surface area contributed by atoms with Gasteiger partial charge in [0.2, 0.25) is 5.91 Å². The Kier molecular flexibility index (Phi) is 4.94. The van der Waals surface area contributed by atoms with Gasteiger partial charge in [-0.25, -0.2) is 0 Å². The lowest BCUT2D eigenvalue weighted by molar-refractivity contribution is -0.129. The Labute approximate surface area is 143 Å². The van der Waals surface area contributed by atoms with Crippen molar-refractivity contribution in [3.8, 4) is 11.8 Å². The van der Waals surface area contributed by atoms with Crippen LogP contribution in [-0.2, 0) is 4.79 Å². The Balaban J connectivity index is 1.62. The van der Waals surface area contributed by atoms with Crippen molar-refractivity contribution in [1.82, 2.24) is 5.32 Å². The van der Waals surface area contributed by atoms with E-state index >= 15 is 0 Å². The quantitative estimate of drug-likeness (QED) is 0.892. The number of hydrogen-bond acceptors (Lipinski definition) is 4. The summed E-state index contributed by atoms with van der Waals surface area (Å²) in [4.78, 5) is 12.4. The van der Waals surface area contributed by atoms with Gasteiger partial charge in [-0.2, -0.15) is 5.26 Å². The van der Waals surface area contributed by atoms with Gasteiger partial charge in [0.15, 0.2) is 0 Å². The Morgan fingerprint density at radius 1 is 1.38 bits per heavy atom. The Morgan fingerprint density at radius 3 is 2.96 bits per heavy atom. The number of benzene rings is 1. The van der Waals surface area contributed by atoms with Gasteiger partial charge >= 0.3 is 0 Å². The number of amides is 1. The molecule has 0 aromatic heterocycles. The van der Waals surface area contributed by atoms with E-state index in [1.807, 2.05) is 12.1 Å². The third-order valence-electron chi connectivity index (χ3n) is 5.40. The molecule has 128 valence electrons. The SMILES string of the molecule is COc1cc(NCC2CC3CC(C)CCC3NC2=O)ccc1C#N. The van der Waals surface area contributed by atoms with Crippen molar-refractivity contribution in [3.05, 3.63) is 23.8 Å². The number of hydrogen-bond donors (Lipinski definition) is 2. The van der Waals surface area contributed by atoms with E-state index in [-0.39, 0.29) is 11.8 Å². The maximum Gasteiger partial charge on any atom is 0.225 e. The fraction of sp³-hybridized carbons (Fsp3) is 0.579. The number of carbonyl (C=O) groups is 1. The van der Waals surface area contributed by atoms with Crippen LogP contribution in [0.1, 0.15) is 38.2 Å². The fourth-order valence-electron chi connectivity index (χ4n) is 4.03. The van der Waals surface area contributed by atoms with Crippen molar-refractivity contribution in [2.75, 3.05) is 19.0 Å². The number of carbonyl (C=O) groups excluding carboxylic acids is 1. The summed E-state index contributed by atoms with van der Waals surface area (Å²) in [5, 5.41) is 15.6. The zero-order valence-corrected chi connectivity index (χ0v) is 14.3. The largest absolute Gasteiger partial charge is 0.495 e. The van der Waals surface area contributed by atoms with E-state index in [1.165, 1.54) is 12.8 Å². The molecule has 1 aliphatic heterocycles. The summed E-state index contributed by atoms with van der Waals surface area (Å²) in [7, 11) is 1.55. The molecule has 0 bridgehead atoms. The molecule has 2 N–H and O–H groups in total. The molecule has 1 aromatic rings. The standard InChI is InChI=1S/C19H25N3O2/c1-12-3-6-17-14(7-12)8-15(19(23)22-17)11-21-16-5-4-13(10-20)18(9-16)24-2/h4-5,9,12,14-15,17,21H,3,6-8,11H2,1-2H3,(H,22,23). The predicted octanol–water partition coefficient (Wildman–Crippen LogP) is 2.92. The Morgan fingerprint density at radius 2 is 2.21 bits per heavy atom. The molecule has 4 unspecified atom stereocenters. The van der Waals surface area contributed by atoms with Gasteiger partial charge < -0.3 is 15.4 Å². The molecular weight excluding hydrogens is 302 g/mol. The minimum atomic E-state index is -0.00168. The van der Waals surface area contributed by atoms with Crippen LogP contribution >= 0.6 is 0 Å². The minimum Gasteiger partial charge on any atom is -0.495 e. The minimum absolute atomic E-state index is 0.00168. The zero-order valence-electron chi connectivity index (χ0n) is 14.3. The third kappa shape index (κ3) is 3.48. The van der Waals surface area contributed by atoms with Crippen molar-refractivity contribution in [2.45, 2.75) is 38.6 Å². The topological polar surface area (TPSA) is 74.2 Å². The lowest BCUT2D eigenvalue weighted by Crippen LogP contribution is -2.52. The second kappa shape index (κ2) is 7.12. The highest BCUT2D eigenvalue weighted by Gasteiger charge is 2.38. The van der Waals surface area contributed by atoms with Crippen molar-refractivity contribution in [3.63, 3.8) is 0 Å². The Hall–Kier alpha value is -2.22. The molecule has 1 saturated heterocycles. The molecule has 1 aliphatic carbocycles. The lowest BCUT2D eigenvalue weighted by atomic mass is 9.72. The summed E-state index contributed by atoms with van der Waals surface area (Å²) in [5.74, 6) is 2.08. The fourth-order valence-corrected chi connectivity index (χ4v) is 4.03. The number of nitriles is 1. The van der Waals surface area contributed by atoms with Gasteiger partial charge in [0, 0.05) is 24.3 Å². The monoisotopic (exact) mass is 327 g/mol. The van der Waals surface area contributed by atoms with Crippen molar-refractivity contribution >= 4 is 11.6 Å². The predicted molar refractivity (Wildman–Crippen MR) is 92.7 cm³/mol. The molecule has 0 radical (unpaired) electrons. The normalized spacial score (nSPS) is 29.1.